The van der Waals surface area contributed by atoms with Crippen LogP contribution >= 0.6 is 0 Å². The molecule has 1 aromatic heterocycles. The molecule has 0 bridgehead atoms. The molecule has 2 aromatic rings. The molecular formula is C18H21NO4. The Morgan fingerprint density at radius 1 is 1.13 bits per heavy atom. The molecule has 1 N–H and O–H groups in total. The summed E-state index contributed by atoms with van der Waals surface area (Å²) in [5.41, 5.74) is 2.34. The number of aromatic amines is 1. The van der Waals surface area contributed by atoms with E-state index in [1.807, 2.05) is 12.1 Å². The first kappa shape index (κ1) is 16.8. The van der Waals surface area contributed by atoms with Crippen LogP contribution in [0.2, 0.25) is 0 Å². The lowest BCUT2D eigenvalue weighted by atomic mass is 10.0. The summed E-state index contributed by atoms with van der Waals surface area (Å²) in [5, 5.41) is 0. The number of ketones is 2. The molecule has 0 fully saturated rings. The van der Waals surface area contributed by atoms with E-state index in [1.165, 1.54) is 6.92 Å². The number of rotatable bonds is 6. The van der Waals surface area contributed by atoms with Crippen molar-refractivity contribution in [3.05, 3.63) is 46.8 Å². The first-order valence-corrected chi connectivity index (χ1v) is 7.40. The van der Waals surface area contributed by atoms with E-state index in [0.29, 0.717) is 34.0 Å². The molecular weight excluding hydrogens is 294 g/mol. The molecule has 5 heteroatoms. The molecule has 1 atom stereocenters. The Kier molecular flexibility index (Phi) is 4.89. The highest BCUT2D eigenvalue weighted by atomic mass is 16.5. The Hall–Kier alpha value is -2.56. The van der Waals surface area contributed by atoms with Gasteiger partial charge in [0.15, 0.2) is 23.4 Å². The van der Waals surface area contributed by atoms with Crippen LogP contribution in [0.15, 0.2) is 24.3 Å². The van der Waals surface area contributed by atoms with Crippen LogP contribution in [0, 0.1) is 13.8 Å². The molecule has 0 saturated carbocycles. The van der Waals surface area contributed by atoms with Crippen LogP contribution in [0.3, 0.4) is 0 Å². The van der Waals surface area contributed by atoms with Crippen LogP contribution in [0.5, 0.6) is 11.5 Å². The van der Waals surface area contributed by atoms with Crippen molar-refractivity contribution in [3.8, 4) is 11.5 Å². The average Bonchev–Trinajstić information content (AvgIpc) is 2.81. The van der Waals surface area contributed by atoms with E-state index in [1.54, 1.807) is 40.0 Å². The monoisotopic (exact) mass is 315 g/mol. The average molecular weight is 315 g/mol. The number of carbonyl (C=O) groups is 2. The molecule has 1 heterocycles. The van der Waals surface area contributed by atoms with Crippen molar-refractivity contribution in [3.63, 3.8) is 0 Å². The Balaban J connectivity index is 2.27. The summed E-state index contributed by atoms with van der Waals surface area (Å²) in [5.74, 6) is 0.803. The Bertz CT molecular complexity index is 745. The van der Waals surface area contributed by atoms with Crippen LogP contribution in [-0.4, -0.2) is 29.8 Å². The van der Waals surface area contributed by atoms with Crippen molar-refractivity contribution in [2.75, 3.05) is 7.11 Å². The molecule has 0 aliphatic carbocycles. The fraction of sp³-hybridized carbons (Fsp3) is 0.333. The first-order valence-electron chi connectivity index (χ1n) is 7.40. The summed E-state index contributed by atoms with van der Waals surface area (Å²) >= 11 is 0. The topological polar surface area (TPSA) is 68.4 Å². The number of carbonyl (C=O) groups excluding carboxylic acids is 2. The zero-order valence-corrected chi connectivity index (χ0v) is 14.0. The maximum Gasteiger partial charge on any atom is 0.219 e. The number of ether oxygens (including phenoxy) is 2. The quantitative estimate of drug-likeness (QED) is 0.829. The molecule has 0 spiro atoms. The summed E-state index contributed by atoms with van der Waals surface area (Å²) in [6, 6.07) is 7.16. The van der Waals surface area contributed by atoms with Crippen molar-refractivity contribution in [1.82, 2.24) is 4.98 Å². The molecule has 122 valence electrons. The normalized spacial score (nSPS) is 11.9. The molecule has 1 aromatic carbocycles. The summed E-state index contributed by atoms with van der Waals surface area (Å²) in [6.07, 6.45) is -0.706. The molecule has 0 saturated heterocycles. The second-order valence-electron chi connectivity index (χ2n) is 5.46. The molecule has 0 unspecified atom stereocenters. The van der Waals surface area contributed by atoms with Gasteiger partial charge < -0.3 is 14.5 Å². The number of para-hydroxylation sites is 2. The van der Waals surface area contributed by atoms with Crippen molar-refractivity contribution >= 4 is 11.6 Å². The number of hydrogen-bond acceptors (Lipinski definition) is 4. The van der Waals surface area contributed by atoms with Gasteiger partial charge in [-0.3, -0.25) is 9.59 Å². The van der Waals surface area contributed by atoms with E-state index in [-0.39, 0.29) is 11.6 Å². The minimum Gasteiger partial charge on any atom is -0.493 e. The number of methoxy groups -OCH3 is 1. The smallest absolute Gasteiger partial charge is 0.219 e. The third kappa shape index (κ3) is 3.28. The lowest BCUT2D eigenvalue weighted by Gasteiger charge is -2.15. The minimum atomic E-state index is -0.706. The van der Waals surface area contributed by atoms with Crippen LogP contribution in [-0.2, 0) is 0 Å². The maximum absolute atomic E-state index is 12.6. The third-order valence-electron chi connectivity index (χ3n) is 3.78. The van der Waals surface area contributed by atoms with Crippen molar-refractivity contribution in [2.24, 2.45) is 0 Å². The van der Waals surface area contributed by atoms with Gasteiger partial charge >= 0.3 is 0 Å². The Morgan fingerprint density at radius 3 is 2.26 bits per heavy atom. The Morgan fingerprint density at radius 2 is 1.74 bits per heavy atom. The highest BCUT2D eigenvalue weighted by Gasteiger charge is 2.25. The van der Waals surface area contributed by atoms with Gasteiger partial charge in [0.2, 0.25) is 5.78 Å². The number of aromatic nitrogens is 1. The first-order chi connectivity index (χ1) is 10.9. The van der Waals surface area contributed by atoms with Gasteiger partial charge in [-0.2, -0.15) is 0 Å². The van der Waals surface area contributed by atoms with Crippen molar-refractivity contribution in [2.45, 2.75) is 33.8 Å². The number of H-pyrrole nitrogens is 1. The van der Waals surface area contributed by atoms with Gasteiger partial charge in [-0.05, 0) is 45.4 Å². The SMILES string of the molecule is COc1ccccc1O[C@H](C)C(=O)c1[nH]c(C)c(C(C)=O)c1C. The largest absolute Gasteiger partial charge is 0.493 e. The van der Waals surface area contributed by atoms with Crippen LogP contribution in [0.4, 0.5) is 0 Å². The molecule has 2 rings (SSSR count). The summed E-state index contributed by atoms with van der Waals surface area (Å²) in [6.45, 7) is 6.72. The van der Waals surface area contributed by atoms with Gasteiger partial charge in [0.05, 0.1) is 12.8 Å². The second-order valence-corrected chi connectivity index (χ2v) is 5.46. The van der Waals surface area contributed by atoms with E-state index in [2.05, 4.69) is 4.98 Å². The van der Waals surface area contributed by atoms with Crippen molar-refractivity contribution in [1.29, 1.82) is 0 Å². The lowest BCUT2D eigenvalue weighted by molar-refractivity contribution is 0.0808. The molecule has 23 heavy (non-hydrogen) atoms. The molecule has 0 amide bonds. The highest BCUT2D eigenvalue weighted by molar-refractivity contribution is 6.04. The molecule has 0 radical (unpaired) electrons. The van der Waals surface area contributed by atoms with Gasteiger partial charge in [-0.1, -0.05) is 12.1 Å². The van der Waals surface area contributed by atoms with Gasteiger partial charge in [0, 0.05) is 11.3 Å². The summed E-state index contributed by atoms with van der Waals surface area (Å²) in [4.78, 5) is 27.3. The zero-order chi connectivity index (χ0) is 17.1. The zero-order valence-electron chi connectivity index (χ0n) is 14.0. The fourth-order valence-corrected chi connectivity index (χ4v) is 2.69. The Labute approximate surface area is 135 Å². The van der Waals surface area contributed by atoms with E-state index >= 15 is 0 Å². The molecule has 0 aliphatic rings. The fourth-order valence-electron chi connectivity index (χ4n) is 2.69. The number of aryl methyl sites for hydroxylation is 1. The molecule has 5 nitrogen and oxygen atoms in total. The number of nitrogens with one attached hydrogen (secondary N) is 1. The standard InChI is InChI=1S/C18H21NO4/c1-10-16(12(3)20)11(2)19-17(10)18(21)13(4)23-15-9-7-6-8-14(15)22-5/h6-9,13,19H,1-5H3/t13-/m1/s1. The number of Topliss-reactive ketones (excluding diaryl/α,β-unsaturated/α-hetero) is 2. The van der Waals surface area contributed by atoms with Crippen LogP contribution < -0.4 is 9.47 Å². The summed E-state index contributed by atoms with van der Waals surface area (Å²) < 4.78 is 11.0. The lowest BCUT2D eigenvalue weighted by Crippen LogP contribution is -2.25. The predicted octanol–water partition coefficient (Wildman–Crippen LogP) is 3.49. The number of benzene rings is 1. The predicted molar refractivity (Wildman–Crippen MR) is 87.7 cm³/mol. The summed E-state index contributed by atoms with van der Waals surface area (Å²) in [7, 11) is 1.55. The minimum absolute atomic E-state index is 0.0615. The van der Waals surface area contributed by atoms with Crippen LogP contribution in [0.1, 0.15) is 46.0 Å². The number of hydrogen-bond donors (Lipinski definition) is 1. The van der Waals surface area contributed by atoms with E-state index < -0.39 is 6.10 Å². The van der Waals surface area contributed by atoms with Gasteiger partial charge in [0.1, 0.15) is 0 Å². The third-order valence-corrected chi connectivity index (χ3v) is 3.78. The maximum atomic E-state index is 12.6. The van der Waals surface area contributed by atoms with E-state index in [9.17, 15) is 9.59 Å². The van der Waals surface area contributed by atoms with Gasteiger partial charge in [0.25, 0.3) is 0 Å². The van der Waals surface area contributed by atoms with Gasteiger partial charge in [-0.15, -0.1) is 0 Å². The van der Waals surface area contributed by atoms with E-state index in [0.717, 1.165) is 0 Å². The van der Waals surface area contributed by atoms with Gasteiger partial charge in [-0.25, -0.2) is 0 Å². The highest BCUT2D eigenvalue weighted by Crippen LogP contribution is 2.28. The second kappa shape index (κ2) is 6.69. The molecule has 0 aliphatic heterocycles. The van der Waals surface area contributed by atoms with Crippen molar-refractivity contribution < 1.29 is 19.1 Å². The van der Waals surface area contributed by atoms with Crippen LogP contribution in [0.25, 0.3) is 0 Å². The van der Waals surface area contributed by atoms with E-state index in [4.69, 9.17) is 9.47 Å².